The Hall–Kier alpha value is -2.55. The summed E-state index contributed by atoms with van der Waals surface area (Å²) in [4.78, 5) is 33.3. The Morgan fingerprint density at radius 2 is 1.91 bits per heavy atom. The molecular formula is C27H40N4O3S. The summed E-state index contributed by atoms with van der Waals surface area (Å²) in [6.45, 7) is 20.1. The number of allylic oxidation sites excluding steroid dienone is 4. The topological polar surface area (TPSA) is 94.6 Å². The molecule has 1 saturated heterocycles. The molecule has 2 amide bonds. The lowest BCUT2D eigenvalue weighted by Gasteiger charge is -2.39. The summed E-state index contributed by atoms with van der Waals surface area (Å²) in [5, 5.41) is 16.6. The van der Waals surface area contributed by atoms with Gasteiger partial charge in [0.05, 0.1) is 22.5 Å². The molecule has 1 aliphatic rings. The zero-order chi connectivity index (χ0) is 26.4. The van der Waals surface area contributed by atoms with Crippen LogP contribution in [0.1, 0.15) is 52.8 Å². The number of amides is 2. The first kappa shape index (κ1) is 28.7. The Labute approximate surface area is 213 Å². The Bertz CT molecular complexity index is 968. The van der Waals surface area contributed by atoms with Crippen molar-refractivity contribution in [2.45, 2.75) is 71.7 Å². The fourth-order valence-corrected chi connectivity index (χ4v) is 4.51. The second-order valence-corrected chi connectivity index (χ2v) is 11.8. The molecule has 2 unspecified atom stereocenters. The summed E-state index contributed by atoms with van der Waals surface area (Å²) in [6.07, 6.45) is 8.46. The first-order chi connectivity index (χ1) is 16.3. The van der Waals surface area contributed by atoms with Crippen molar-refractivity contribution in [3.05, 3.63) is 59.6 Å². The molecule has 8 heteroatoms. The molecule has 0 bridgehead atoms. The lowest BCUT2D eigenvalue weighted by Crippen LogP contribution is -2.60. The summed E-state index contributed by atoms with van der Waals surface area (Å²) in [5.41, 5.74) is 2.83. The van der Waals surface area contributed by atoms with Crippen LogP contribution in [0.5, 0.6) is 0 Å². The van der Waals surface area contributed by atoms with E-state index in [1.54, 1.807) is 23.9 Å². The van der Waals surface area contributed by atoms with Crippen molar-refractivity contribution in [3.8, 4) is 0 Å². The minimum atomic E-state index is -0.739. The van der Waals surface area contributed by atoms with Gasteiger partial charge in [-0.1, -0.05) is 58.2 Å². The Balaban J connectivity index is 2.15. The lowest BCUT2D eigenvalue weighted by molar-refractivity contribution is -0.142. The maximum atomic E-state index is 13.6. The third-order valence-electron chi connectivity index (χ3n) is 5.70. The van der Waals surface area contributed by atoms with E-state index in [9.17, 15) is 14.7 Å². The minimum Gasteiger partial charge on any atom is -0.391 e. The normalized spacial score (nSPS) is 20.5. The summed E-state index contributed by atoms with van der Waals surface area (Å²) >= 11 is 1.52. The van der Waals surface area contributed by atoms with Crippen LogP contribution in [0.25, 0.3) is 5.57 Å². The number of aliphatic hydroxyl groups is 1. The van der Waals surface area contributed by atoms with Gasteiger partial charge < -0.3 is 20.6 Å². The van der Waals surface area contributed by atoms with E-state index in [1.165, 1.54) is 16.2 Å². The van der Waals surface area contributed by atoms with Gasteiger partial charge >= 0.3 is 0 Å². The molecule has 192 valence electrons. The van der Waals surface area contributed by atoms with Crippen molar-refractivity contribution in [2.75, 3.05) is 13.1 Å². The van der Waals surface area contributed by atoms with E-state index in [0.29, 0.717) is 0 Å². The van der Waals surface area contributed by atoms with Gasteiger partial charge in [-0.15, -0.1) is 11.3 Å². The van der Waals surface area contributed by atoms with Crippen LogP contribution in [0.2, 0.25) is 0 Å². The monoisotopic (exact) mass is 500 g/mol. The van der Waals surface area contributed by atoms with E-state index in [2.05, 4.69) is 28.8 Å². The molecule has 1 aromatic rings. The molecule has 0 aromatic carbocycles. The molecule has 0 saturated carbocycles. The van der Waals surface area contributed by atoms with Crippen molar-refractivity contribution in [1.82, 2.24) is 20.5 Å². The third-order valence-corrected chi connectivity index (χ3v) is 6.52. The smallest absolute Gasteiger partial charge is 0.243 e. The highest BCUT2D eigenvalue weighted by atomic mass is 32.1. The van der Waals surface area contributed by atoms with E-state index in [0.717, 1.165) is 16.0 Å². The average Bonchev–Trinajstić information content (AvgIpc) is 3.42. The number of nitrogens with zero attached hydrogens (tertiary/aromatic N) is 2. The number of carbonyl (C=O) groups is 2. The molecule has 0 radical (unpaired) electrons. The van der Waals surface area contributed by atoms with Gasteiger partial charge in [0, 0.05) is 31.2 Å². The van der Waals surface area contributed by atoms with Crippen molar-refractivity contribution in [3.63, 3.8) is 0 Å². The van der Waals surface area contributed by atoms with Crippen LogP contribution in [0.4, 0.5) is 0 Å². The maximum Gasteiger partial charge on any atom is 0.243 e. The van der Waals surface area contributed by atoms with Crippen LogP contribution in [0, 0.1) is 5.41 Å². The summed E-state index contributed by atoms with van der Waals surface area (Å²) < 4.78 is 0. The van der Waals surface area contributed by atoms with Crippen molar-refractivity contribution in [1.29, 1.82) is 0 Å². The van der Waals surface area contributed by atoms with Gasteiger partial charge in [0.2, 0.25) is 11.8 Å². The van der Waals surface area contributed by atoms with Crippen LogP contribution >= 0.6 is 11.3 Å². The number of carbonyl (C=O) groups excluding carboxylic acids is 2. The number of hydrogen-bond acceptors (Lipinski definition) is 6. The minimum absolute atomic E-state index is 0.139. The predicted octanol–water partition coefficient (Wildman–Crippen LogP) is 3.71. The lowest BCUT2D eigenvalue weighted by atomic mass is 9.84. The van der Waals surface area contributed by atoms with Gasteiger partial charge in [-0.3, -0.25) is 14.6 Å². The van der Waals surface area contributed by atoms with Gasteiger partial charge in [0.25, 0.3) is 0 Å². The zero-order valence-corrected chi connectivity index (χ0v) is 22.6. The van der Waals surface area contributed by atoms with E-state index in [1.807, 2.05) is 53.7 Å². The van der Waals surface area contributed by atoms with Gasteiger partial charge in [-0.2, -0.15) is 0 Å². The second kappa shape index (κ2) is 11.9. The molecule has 1 aliphatic heterocycles. The molecule has 0 aliphatic carbocycles. The first-order valence-electron chi connectivity index (χ1n) is 11.9. The molecule has 1 fully saturated rings. The Morgan fingerprint density at radius 3 is 2.43 bits per heavy atom. The molecule has 1 aromatic heterocycles. The molecular weight excluding hydrogens is 460 g/mol. The number of hydrogen-bond donors (Lipinski definition) is 3. The average molecular weight is 501 g/mol. The highest BCUT2D eigenvalue weighted by molar-refractivity contribution is 7.10. The van der Waals surface area contributed by atoms with Crippen LogP contribution in [0.15, 0.2) is 54.7 Å². The molecule has 0 spiro atoms. The SMILES string of the molecule is C=C/C(=C\C=C(/C=C)c1cncs1)CNC(=O)C1CC(O)CN1C(=O)[C@@H](NC(C)(C)C)C(C)(C)C. The number of likely N-dealkylation sites (tertiary alicyclic amines) is 1. The van der Waals surface area contributed by atoms with Crippen LogP contribution < -0.4 is 10.6 Å². The zero-order valence-electron chi connectivity index (χ0n) is 21.8. The number of β-amino-alcohol motifs (C(OH)–C–C–N with tert-alkyl or cyclic N) is 1. The number of thiazole rings is 1. The quantitative estimate of drug-likeness (QED) is 0.450. The molecule has 3 atom stereocenters. The largest absolute Gasteiger partial charge is 0.391 e. The van der Waals surface area contributed by atoms with Gasteiger partial charge in [0.15, 0.2) is 0 Å². The van der Waals surface area contributed by atoms with E-state index >= 15 is 0 Å². The Kier molecular flexibility index (Phi) is 9.77. The third kappa shape index (κ3) is 8.26. The molecule has 3 N–H and O–H groups in total. The van der Waals surface area contributed by atoms with Crippen molar-refractivity contribution < 1.29 is 14.7 Å². The molecule has 7 nitrogen and oxygen atoms in total. The van der Waals surface area contributed by atoms with Gasteiger partial charge in [0.1, 0.15) is 6.04 Å². The summed E-state index contributed by atoms with van der Waals surface area (Å²) in [6, 6.07) is -1.23. The number of nitrogens with one attached hydrogen (secondary N) is 2. The number of rotatable bonds is 9. The van der Waals surface area contributed by atoms with Crippen molar-refractivity contribution >= 4 is 28.7 Å². The van der Waals surface area contributed by atoms with Crippen LogP contribution in [0.3, 0.4) is 0 Å². The summed E-state index contributed by atoms with van der Waals surface area (Å²) in [7, 11) is 0. The van der Waals surface area contributed by atoms with Crippen molar-refractivity contribution in [2.24, 2.45) is 5.41 Å². The highest BCUT2D eigenvalue weighted by Crippen LogP contribution is 2.27. The van der Waals surface area contributed by atoms with E-state index in [4.69, 9.17) is 0 Å². The molecule has 2 rings (SSSR count). The van der Waals surface area contributed by atoms with Crippen LogP contribution in [-0.2, 0) is 9.59 Å². The maximum absolute atomic E-state index is 13.6. The van der Waals surface area contributed by atoms with Gasteiger partial charge in [-0.25, -0.2) is 0 Å². The number of aromatic nitrogens is 1. The van der Waals surface area contributed by atoms with Crippen LogP contribution in [-0.4, -0.2) is 63.6 Å². The molecule has 2 heterocycles. The first-order valence-corrected chi connectivity index (χ1v) is 12.7. The fourth-order valence-electron chi connectivity index (χ4n) is 3.87. The van der Waals surface area contributed by atoms with Gasteiger partial charge in [-0.05, 0) is 37.3 Å². The second-order valence-electron chi connectivity index (χ2n) is 10.9. The van der Waals surface area contributed by atoms with E-state index in [-0.39, 0.29) is 42.3 Å². The standard InChI is InChI=1S/C27H40N4O3S/c1-9-18(11-12-19(10-2)22-15-28-17-35-22)14-29-24(33)21-13-20(32)16-31(21)25(34)23(26(3,4)5)30-27(6,7)8/h9-12,15,17,20-21,23,30,32H,1-2,13-14,16H2,3-8H3,(H,29,33)/b18-11+,19-12+/t20?,21?,23-/m1/s1. The predicted molar refractivity (Wildman–Crippen MR) is 144 cm³/mol. The number of aliphatic hydroxyl groups excluding tert-OH is 1. The van der Waals surface area contributed by atoms with E-state index < -0.39 is 18.2 Å². The molecule has 35 heavy (non-hydrogen) atoms. The highest BCUT2D eigenvalue weighted by Gasteiger charge is 2.44. The fraction of sp³-hybridized carbons (Fsp3) is 0.519. The summed E-state index contributed by atoms with van der Waals surface area (Å²) in [5.74, 6) is -0.465. The Morgan fingerprint density at radius 1 is 1.23 bits per heavy atom.